The number of sulfonamides is 1. The summed E-state index contributed by atoms with van der Waals surface area (Å²) in [6, 6.07) is 4.58. The van der Waals surface area contributed by atoms with E-state index in [9.17, 15) is 8.42 Å². The molecule has 0 aliphatic carbocycles. The number of rotatable bonds is 4. The molecule has 0 saturated carbocycles. The lowest BCUT2D eigenvalue weighted by Gasteiger charge is -2.32. The van der Waals surface area contributed by atoms with Crippen molar-refractivity contribution in [3.63, 3.8) is 0 Å². The molecule has 1 saturated heterocycles. The second-order valence-electron chi connectivity index (χ2n) is 4.65. The molecule has 1 unspecified atom stereocenters. The van der Waals surface area contributed by atoms with Gasteiger partial charge in [0.15, 0.2) is 0 Å². The minimum atomic E-state index is -3.53. The van der Waals surface area contributed by atoms with Gasteiger partial charge < -0.3 is 9.47 Å². The third kappa shape index (κ3) is 2.93. The molecule has 0 N–H and O–H groups in total. The molecular weight excluding hydrogens is 302 g/mol. The van der Waals surface area contributed by atoms with Crippen LogP contribution in [-0.4, -0.2) is 45.6 Å². The van der Waals surface area contributed by atoms with E-state index >= 15 is 0 Å². The zero-order chi connectivity index (χ0) is 14.8. The predicted molar refractivity (Wildman–Crippen MR) is 76.7 cm³/mol. The van der Waals surface area contributed by atoms with Gasteiger partial charge in [-0.15, -0.1) is 11.6 Å². The maximum atomic E-state index is 12.7. The summed E-state index contributed by atoms with van der Waals surface area (Å²) >= 11 is 5.84. The third-order valence-corrected chi connectivity index (χ3v) is 5.61. The minimum absolute atomic E-state index is 0.171. The Morgan fingerprint density at radius 3 is 2.85 bits per heavy atom. The normalized spacial score (nSPS) is 20.9. The first-order valence-electron chi connectivity index (χ1n) is 6.33. The van der Waals surface area contributed by atoms with Crippen LogP contribution in [0.3, 0.4) is 0 Å². The number of benzene rings is 1. The maximum Gasteiger partial charge on any atom is 0.243 e. The second-order valence-corrected chi connectivity index (χ2v) is 6.80. The van der Waals surface area contributed by atoms with Crippen LogP contribution in [0.2, 0.25) is 0 Å². The van der Waals surface area contributed by atoms with Crippen molar-refractivity contribution in [1.29, 1.82) is 0 Å². The molecule has 7 heteroatoms. The molecule has 1 aliphatic rings. The first-order chi connectivity index (χ1) is 9.50. The van der Waals surface area contributed by atoms with Gasteiger partial charge in [0.25, 0.3) is 0 Å². The first-order valence-corrected chi connectivity index (χ1v) is 8.30. The van der Waals surface area contributed by atoms with Crippen LogP contribution in [-0.2, 0) is 20.6 Å². The standard InChI is InChI=1S/C13H18ClNO4S/c1-10-9-19-6-5-15(10)20(16,17)12-3-4-13(18-2)11(7-12)8-14/h3-4,7,10H,5-6,8-9H2,1-2H3. The fraction of sp³-hybridized carbons (Fsp3) is 0.538. The van der Waals surface area contributed by atoms with Gasteiger partial charge in [-0.25, -0.2) is 8.42 Å². The van der Waals surface area contributed by atoms with E-state index in [4.69, 9.17) is 21.1 Å². The predicted octanol–water partition coefficient (Wildman–Crippen LogP) is 1.84. The first kappa shape index (κ1) is 15.6. The van der Waals surface area contributed by atoms with Crippen LogP contribution >= 0.6 is 11.6 Å². The molecule has 0 spiro atoms. The Balaban J connectivity index is 2.38. The van der Waals surface area contributed by atoms with E-state index in [1.165, 1.54) is 11.4 Å². The van der Waals surface area contributed by atoms with E-state index in [0.717, 1.165) is 0 Å². The lowest BCUT2D eigenvalue weighted by Crippen LogP contribution is -2.46. The molecule has 0 bridgehead atoms. The van der Waals surface area contributed by atoms with Gasteiger partial charge in [0.2, 0.25) is 10.0 Å². The summed E-state index contributed by atoms with van der Waals surface area (Å²) in [7, 11) is -2.00. The van der Waals surface area contributed by atoms with Gasteiger partial charge in [0, 0.05) is 18.2 Å². The molecule has 0 aromatic heterocycles. The molecular formula is C13H18ClNO4S. The van der Waals surface area contributed by atoms with Crippen molar-refractivity contribution >= 4 is 21.6 Å². The number of alkyl halides is 1. The zero-order valence-corrected chi connectivity index (χ0v) is 13.1. The monoisotopic (exact) mass is 319 g/mol. The maximum absolute atomic E-state index is 12.7. The molecule has 0 radical (unpaired) electrons. The van der Waals surface area contributed by atoms with Gasteiger partial charge in [-0.05, 0) is 25.1 Å². The third-order valence-electron chi connectivity index (χ3n) is 3.31. The summed E-state index contributed by atoms with van der Waals surface area (Å²) < 4.78 is 37.2. The highest BCUT2D eigenvalue weighted by atomic mass is 35.5. The Bertz CT molecular complexity index is 576. The van der Waals surface area contributed by atoms with Crippen molar-refractivity contribution in [2.24, 2.45) is 0 Å². The van der Waals surface area contributed by atoms with Gasteiger partial charge in [-0.1, -0.05) is 0 Å². The fourth-order valence-corrected chi connectivity index (χ4v) is 4.08. The summed E-state index contributed by atoms with van der Waals surface area (Å²) in [5, 5.41) is 0. The fourth-order valence-electron chi connectivity index (χ4n) is 2.22. The number of morpholine rings is 1. The van der Waals surface area contributed by atoms with E-state index in [1.807, 2.05) is 6.92 Å². The SMILES string of the molecule is COc1ccc(S(=O)(=O)N2CCOCC2C)cc1CCl. The van der Waals surface area contributed by atoms with E-state index < -0.39 is 10.0 Å². The highest BCUT2D eigenvalue weighted by Gasteiger charge is 2.31. The Morgan fingerprint density at radius 1 is 1.50 bits per heavy atom. The number of ether oxygens (including phenoxy) is 2. The van der Waals surface area contributed by atoms with Crippen molar-refractivity contribution < 1.29 is 17.9 Å². The molecule has 1 fully saturated rings. The van der Waals surface area contributed by atoms with Gasteiger partial charge >= 0.3 is 0 Å². The molecule has 112 valence electrons. The highest BCUT2D eigenvalue weighted by Crippen LogP contribution is 2.27. The molecule has 1 heterocycles. The van der Waals surface area contributed by atoms with Crippen LogP contribution in [0.15, 0.2) is 23.1 Å². The van der Waals surface area contributed by atoms with Gasteiger partial charge in [-0.2, -0.15) is 4.31 Å². The van der Waals surface area contributed by atoms with Crippen LogP contribution in [0.1, 0.15) is 12.5 Å². The zero-order valence-electron chi connectivity index (χ0n) is 11.5. The van der Waals surface area contributed by atoms with Gasteiger partial charge in [0.05, 0.1) is 31.1 Å². The van der Waals surface area contributed by atoms with Crippen LogP contribution in [0.5, 0.6) is 5.75 Å². The summed E-state index contributed by atoms with van der Waals surface area (Å²) in [4.78, 5) is 0.239. The highest BCUT2D eigenvalue weighted by molar-refractivity contribution is 7.89. The average molecular weight is 320 g/mol. The van der Waals surface area contributed by atoms with Crippen LogP contribution in [0.25, 0.3) is 0 Å². The van der Waals surface area contributed by atoms with Crippen LogP contribution < -0.4 is 4.74 Å². The lowest BCUT2D eigenvalue weighted by atomic mass is 10.2. The number of halogens is 1. The average Bonchev–Trinajstić information content (AvgIpc) is 2.46. The quantitative estimate of drug-likeness (QED) is 0.795. The van der Waals surface area contributed by atoms with Crippen molar-refractivity contribution in [3.8, 4) is 5.75 Å². The summed E-state index contributed by atoms with van der Waals surface area (Å²) in [6.45, 7) is 3.04. The summed E-state index contributed by atoms with van der Waals surface area (Å²) in [5.74, 6) is 0.791. The minimum Gasteiger partial charge on any atom is -0.496 e. The van der Waals surface area contributed by atoms with Crippen molar-refractivity contribution in [2.45, 2.75) is 23.7 Å². The Kier molecular flexibility index (Phi) is 4.90. The molecule has 2 rings (SSSR count). The van der Waals surface area contributed by atoms with E-state index in [1.54, 1.807) is 18.2 Å². The van der Waals surface area contributed by atoms with Crippen molar-refractivity contribution in [2.75, 3.05) is 26.9 Å². The van der Waals surface area contributed by atoms with E-state index in [-0.39, 0.29) is 16.8 Å². The van der Waals surface area contributed by atoms with Crippen LogP contribution in [0.4, 0.5) is 0 Å². The number of nitrogens with zero attached hydrogens (tertiary/aromatic N) is 1. The largest absolute Gasteiger partial charge is 0.496 e. The van der Waals surface area contributed by atoms with Crippen molar-refractivity contribution in [1.82, 2.24) is 4.31 Å². The second kappa shape index (κ2) is 6.30. The molecule has 5 nitrogen and oxygen atoms in total. The topological polar surface area (TPSA) is 55.8 Å². The molecule has 1 aliphatic heterocycles. The number of hydrogen-bond acceptors (Lipinski definition) is 4. The summed E-state index contributed by atoms with van der Waals surface area (Å²) in [6.07, 6.45) is 0. The summed E-state index contributed by atoms with van der Waals surface area (Å²) in [5.41, 5.74) is 0.663. The molecule has 0 amide bonds. The van der Waals surface area contributed by atoms with Crippen molar-refractivity contribution in [3.05, 3.63) is 23.8 Å². The van der Waals surface area contributed by atoms with Crippen LogP contribution in [0, 0.1) is 0 Å². The van der Waals surface area contributed by atoms with E-state index in [2.05, 4.69) is 0 Å². The molecule has 1 atom stereocenters. The molecule has 20 heavy (non-hydrogen) atoms. The number of methoxy groups -OCH3 is 1. The lowest BCUT2D eigenvalue weighted by molar-refractivity contribution is 0.0392. The smallest absolute Gasteiger partial charge is 0.243 e. The molecule has 1 aromatic rings. The van der Waals surface area contributed by atoms with Gasteiger partial charge in [-0.3, -0.25) is 0 Å². The van der Waals surface area contributed by atoms with Gasteiger partial charge in [0.1, 0.15) is 5.75 Å². The number of hydrogen-bond donors (Lipinski definition) is 0. The Morgan fingerprint density at radius 2 is 2.25 bits per heavy atom. The Hall–Kier alpha value is -0.820. The Labute approximate surface area is 124 Å². The molecule has 1 aromatic carbocycles. The van der Waals surface area contributed by atoms with E-state index in [0.29, 0.717) is 31.1 Å².